The van der Waals surface area contributed by atoms with Crippen molar-refractivity contribution in [3.63, 3.8) is 0 Å². The van der Waals surface area contributed by atoms with Gasteiger partial charge in [-0.05, 0) is 44.0 Å². The Labute approximate surface area is 201 Å². The first-order valence-electron chi connectivity index (χ1n) is 13.0. The molecule has 0 spiro atoms. The number of rotatable bonds is 19. The molecule has 1 unspecified atom stereocenters. The van der Waals surface area contributed by atoms with E-state index < -0.39 is 0 Å². The molecule has 184 valence electrons. The molecule has 2 aromatic rings. The number of unbranched alkanes of at least 4 members (excludes halogenated alkanes) is 9. The quantitative estimate of drug-likeness (QED) is 0.203. The summed E-state index contributed by atoms with van der Waals surface area (Å²) in [7, 11) is 0. The van der Waals surface area contributed by atoms with Gasteiger partial charge in [0.25, 0.3) is 0 Å². The van der Waals surface area contributed by atoms with Crippen LogP contribution in [0.1, 0.15) is 91.4 Å². The van der Waals surface area contributed by atoms with E-state index in [0.29, 0.717) is 18.2 Å². The second-order valence-corrected chi connectivity index (χ2v) is 8.79. The zero-order valence-electron chi connectivity index (χ0n) is 21.1. The monoisotopic (exact) mass is 456 g/mol. The third-order valence-corrected chi connectivity index (χ3v) is 5.64. The minimum Gasteiger partial charge on any atom is -0.494 e. The van der Waals surface area contributed by atoms with Gasteiger partial charge < -0.3 is 14.2 Å². The van der Waals surface area contributed by atoms with Crippen molar-refractivity contribution in [3.05, 3.63) is 36.7 Å². The molecule has 2 rings (SSSR count). The van der Waals surface area contributed by atoms with E-state index in [1.807, 2.05) is 31.2 Å². The molecule has 0 aliphatic carbocycles. The molecule has 0 amide bonds. The van der Waals surface area contributed by atoms with Crippen LogP contribution in [0.5, 0.6) is 11.5 Å². The Morgan fingerprint density at radius 2 is 1.24 bits per heavy atom. The highest BCUT2D eigenvalue weighted by Crippen LogP contribution is 2.21. The van der Waals surface area contributed by atoms with Crippen LogP contribution < -0.4 is 9.47 Å². The maximum Gasteiger partial charge on any atom is 0.159 e. The largest absolute Gasteiger partial charge is 0.494 e. The molecule has 5 nitrogen and oxygen atoms in total. The van der Waals surface area contributed by atoms with Gasteiger partial charge in [-0.3, -0.25) is 0 Å². The molecule has 1 heterocycles. The number of aromatic nitrogens is 2. The summed E-state index contributed by atoms with van der Waals surface area (Å²) in [5.41, 5.74) is 0.966. The fourth-order valence-corrected chi connectivity index (χ4v) is 3.56. The van der Waals surface area contributed by atoms with E-state index in [0.717, 1.165) is 37.4 Å². The van der Waals surface area contributed by atoms with Crippen LogP contribution in [0.2, 0.25) is 0 Å². The first kappa shape index (κ1) is 27.1. The molecule has 0 bridgehead atoms. The molecule has 0 N–H and O–H groups in total. The van der Waals surface area contributed by atoms with Crippen LogP contribution in [0.15, 0.2) is 36.7 Å². The zero-order chi connectivity index (χ0) is 23.6. The van der Waals surface area contributed by atoms with Crippen LogP contribution in [-0.2, 0) is 4.74 Å². The van der Waals surface area contributed by atoms with Gasteiger partial charge in [0.2, 0.25) is 0 Å². The van der Waals surface area contributed by atoms with Crippen LogP contribution in [0.4, 0.5) is 0 Å². The average molecular weight is 457 g/mol. The maximum atomic E-state index is 5.88. The van der Waals surface area contributed by atoms with Crippen LogP contribution in [0.3, 0.4) is 0 Å². The third kappa shape index (κ3) is 12.0. The lowest BCUT2D eigenvalue weighted by molar-refractivity contribution is 0.0302. The van der Waals surface area contributed by atoms with Gasteiger partial charge in [0.05, 0.1) is 25.1 Å². The zero-order valence-corrected chi connectivity index (χ0v) is 21.1. The number of ether oxygens (including phenoxy) is 3. The van der Waals surface area contributed by atoms with E-state index >= 15 is 0 Å². The van der Waals surface area contributed by atoms with Crippen molar-refractivity contribution in [1.29, 1.82) is 0 Å². The first-order chi connectivity index (χ1) is 16.2. The predicted octanol–water partition coefficient (Wildman–Crippen LogP) is 7.64. The molecule has 0 fully saturated rings. The Bertz CT molecular complexity index is 719. The van der Waals surface area contributed by atoms with Gasteiger partial charge in [0, 0.05) is 12.2 Å². The van der Waals surface area contributed by atoms with Crippen LogP contribution in [0, 0.1) is 0 Å². The summed E-state index contributed by atoms with van der Waals surface area (Å²) >= 11 is 0. The van der Waals surface area contributed by atoms with E-state index in [1.165, 1.54) is 57.8 Å². The Hall–Kier alpha value is -2.14. The smallest absolute Gasteiger partial charge is 0.159 e. The molecule has 1 atom stereocenters. The van der Waals surface area contributed by atoms with Gasteiger partial charge in [-0.1, -0.05) is 71.6 Å². The molecule has 0 radical (unpaired) electrons. The van der Waals surface area contributed by atoms with Gasteiger partial charge in [-0.2, -0.15) is 0 Å². The summed E-state index contributed by atoms with van der Waals surface area (Å²) < 4.78 is 17.4. The third-order valence-electron chi connectivity index (χ3n) is 5.64. The lowest BCUT2D eigenvalue weighted by atomic mass is 10.1. The molecular formula is C28H44N2O3. The van der Waals surface area contributed by atoms with Crippen molar-refractivity contribution in [3.8, 4) is 22.9 Å². The summed E-state index contributed by atoms with van der Waals surface area (Å²) in [6.07, 6.45) is 17.5. The Morgan fingerprint density at radius 1 is 0.667 bits per heavy atom. The first-order valence-corrected chi connectivity index (χ1v) is 13.0. The number of hydrogen-bond donors (Lipinski definition) is 0. The number of hydrogen-bond acceptors (Lipinski definition) is 5. The molecule has 0 aliphatic heterocycles. The van der Waals surface area contributed by atoms with E-state index in [2.05, 4.69) is 23.8 Å². The molecule has 0 saturated carbocycles. The lowest BCUT2D eigenvalue weighted by Crippen LogP contribution is -2.18. The van der Waals surface area contributed by atoms with Crippen molar-refractivity contribution in [2.75, 3.05) is 19.8 Å². The maximum absolute atomic E-state index is 5.88. The Morgan fingerprint density at radius 3 is 1.91 bits per heavy atom. The van der Waals surface area contributed by atoms with E-state index in [4.69, 9.17) is 14.2 Å². The van der Waals surface area contributed by atoms with Gasteiger partial charge >= 0.3 is 0 Å². The minimum absolute atomic E-state index is 0.0554. The molecule has 1 aromatic carbocycles. The number of benzene rings is 1. The summed E-state index contributed by atoms with van der Waals surface area (Å²) in [4.78, 5) is 8.90. The van der Waals surface area contributed by atoms with Crippen LogP contribution >= 0.6 is 0 Å². The summed E-state index contributed by atoms with van der Waals surface area (Å²) in [5, 5.41) is 0. The molecule has 0 saturated heterocycles. The Kier molecular flexibility index (Phi) is 14.3. The predicted molar refractivity (Wildman–Crippen MR) is 136 cm³/mol. The van der Waals surface area contributed by atoms with Gasteiger partial charge in [0.15, 0.2) is 11.6 Å². The van der Waals surface area contributed by atoms with Gasteiger partial charge in [0.1, 0.15) is 12.4 Å². The average Bonchev–Trinajstić information content (AvgIpc) is 2.85. The molecule has 0 aliphatic rings. The highest BCUT2D eigenvalue weighted by molar-refractivity contribution is 5.56. The molecule has 5 heteroatoms. The Balaban J connectivity index is 1.64. The van der Waals surface area contributed by atoms with E-state index in [1.54, 1.807) is 12.4 Å². The highest BCUT2D eigenvalue weighted by atomic mass is 16.5. The fourth-order valence-electron chi connectivity index (χ4n) is 3.56. The second kappa shape index (κ2) is 17.4. The van der Waals surface area contributed by atoms with Crippen molar-refractivity contribution < 1.29 is 14.2 Å². The van der Waals surface area contributed by atoms with Crippen molar-refractivity contribution in [2.45, 2.75) is 97.5 Å². The molecule has 33 heavy (non-hydrogen) atoms. The van der Waals surface area contributed by atoms with Crippen LogP contribution in [-0.4, -0.2) is 35.9 Å². The van der Waals surface area contributed by atoms with Gasteiger partial charge in [-0.15, -0.1) is 0 Å². The molecular weight excluding hydrogens is 412 g/mol. The topological polar surface area (TPSA) is 53.5 Å². The summed E-state index contributed by atoms with van der Waals surface area (Å²) in [6.45, 7) is 8.54. The van der Waals surface area contributed by atoms with Crippen molar-refractivity contribution >= 4 is 0 Å². The highest BCUT2D eigenvalue weighted by Gasteiger charge is 2.06. The SMILES string of the molecule is CCCCCCCCCCOc1ccc(-c2ncc(OCC(C)OCCCCC)cn2)cc1. The van der Waals surface area contributed by atoms with Crippen molar-refractivity contribution in [2.24, 2.45) is 0 Å². The summed E-state index contributed by atoms with van der Waals surface area (Å²) in [6, 6.07) is 7.99. The molecule has 1 aromatic heterocycles. The lowest BCUT2D eigenvalue weighted by Gasteiger charge is -2.14. The van der Waals surface area contributed by atoms with E-state index in [9.17, 15) is 0 Å². The summed E-state index contributed by atoms with van der Waals surface area (Å²) in [5.74, 6) is 2.24. The second-order valence-electron chi connectivity index (χ2n) is 8.79. The van der Waals surface area contributed by atoms with Crippen LogP contribution in [0.25, 0.3) is 11.4 Å². The fraction of sp³-hybridized carbons (Fsp3) is 0.643. The standard InChI is InChI=1S/C28H44N2O3/c1-4-6-8-9-10-11-12-14-20-32-26-17-15-25(16-18-26)28-29-21-27(22-30-28)33-23-24(3)31-19-13-7-5-2/h15-18,21-22,24H,4-14,19-20,23H2,1-3H3. The van der Waals surface area contributed by atoms with E-state index in [-0.39, 0.29) is 6.10 Å². The normalized spacial score (nSPS) is 12.0. The van der Waals surface area contributed by atoms with Crippen molar-refractivity contribution in [1.82, 2.24) is 9.97 Å². The number of nitrogens with zero attached hydrogens (tertiary/aromatic N) is 2. The minimum atomic E-state index is 0.0554. The van der Waals surface area contributed by atoms with Gasteiger partial charge in [-0.25, -0.2) is 9.97 Å².